The van der Waals surface area contributed by atoms with Gasteiger partial charge >= 0.3 is 0 Å². The lowest BCUT2D eigenvalue weighted by Gasteiger charge is -2.22. The van der Waals surface area contributed by atoms with Crippen molar-refractivity contribution in [3.63, 3.8) is 0 Å². The Morgan fingerprint density at radius 3 is 2.75 bits per heavy atom. The zero-order valence-electron chi connectivity index (χ0n) is 8.98. The van der Waals surface area contributed by atoms with E-state index in [4.69, 9.17) is 0 Å². The Morgan fingerprint density at radius 1 is 1.31 bits per heavy atom. The van der Waals surface area contributed by atoms with Gasteiger partial charge in [-0.15, -0.1) is 11.3 Å². The molecule has 1 aromatic carbocycles. The van der Waals surface area contributed by atoms with Crippen molar-refractivity contribution in [2.45, 2.75) is 18.9 Å². The molecule has 0 fully saturated rings. The first-order chi connectivity index (χ1) is 7.58. The van der Waals surface area contributed by atoms with Gasteiger partial charge in [0.05, 0.1) is 5.60 Å². The molecule has 16 heavy (non-hydrogen) atoms. The van der Waals surface area contributed by atoms with Crippen molar-refractivity contribution >= 4 is 27.3 Å². The normalized spacial score (nSPS) is 14.7. The molecule has 0 saturated heterocycles. The van der Waals surface area contributed by atoms with E-state index in [1.54, 1.807) is 11.3 Å². The fourth-order valence-corrected chi connectivity index (χ4v) is 2.95. The molecule has 0 bridgehead atoms. The summed E-state index contributed by atoms with van der Waals surface area (Å²) >= 11 is 5.03. The molecule has 1 unspecified atom stereocenters. The van der Waals surface area contributed by atoms with E-state index in [1.165, 1.54) is 0 Å². The second-order valence-electron chi connectivity index (χ2n) is 4.06. The summed E-state index contributed by atoms with van der Waals surface area (Å²) in [4.78, 5) is 1.01. The molecule has 1 heterocycles. The van der Waals surface area contributed by atoms with Gasteiger partial charge in [-0.05, 0) is 36.1 Å². The van der Waals surface area contributed by atoms with Crippen LogP contribution in [0, 0.1) is 0 Å². The molecule has 1 aromatic heterocycles. The SMILES string of the molecule is CC(O)(Cc1cccc(Br)c1)c1cccs1. The van der Waals surface area contributed by atoms with Crippen LogP contribution in [0.15, 0.2) is 46.3 Å². The fraction of sp³-hybridized carbons (Fsp3) is 0.231. The van der Waals surface area contributed by atoms with Gasteiger partial charge in [-0.1, -0.05) is 34.1 Å². The van der Waals surface area contributed by atoms with Crippen LogP contribution in [0.25, 0.3) is 0 Å². The first-order valence-electron chi connectivity index (χ1n) is 5.09. The van der Waals surface area contributed by atoms with E-state index in [2.05, 4.69) is 15.9 Å². The molecule has 1 N–H and O–H groups in total. The number of rotatable bonds is 3. The van der Waals surface area contributed by atoms with Crippen molar-refractivity contribution in [1.82, 2.24) is 0 Å². The molecule has 1 nitrogen and oxygen atoms in total. The Kier molecular flexibility index (Phi) is 3.47. The van der Waals surface area contributed by atoms with Crippen molar-refractivity contribution in [3.8, 4) is 0 Å². The topological polar surface area (TPSA) is 20.2 Å². The highest BCUT2D eigenvalue weighted by atomic mass is 79.9. The van der Waals surface area contributed by atoms with Crippen LogP contribution in [0.4, 0.5) is 0 Å². The molecule has 2 aromatic rings. The standard InChI is InChI=1S/C13H13BrOS/c1-13(15,12-6-3-7-16-12)9-10-4-2-5-11(14)8-10/h2-8,15H,9H2,1H3. The van der Waals surface area contributed by atoms with E-state index in [9.17, 15) is 5.11 Å². The molecule has 2 rings (SSSR count). The summed E-state index contributed by atoms with van der Waals surface area (Å²) < 4.78 is 1.05. The van der Waals surface area contributed by atoms with Crippen LogP contribution in [0.3, 0.4) is 0 Å². The summed E-state index contributed by atoms with van der Waals surface area (Å²) in [6.45, 7) is 1.86. The molecule has 3 heteroatoms. The maximum atomic E-state index is 10.4. The predicted octanol–water partition coefficient (Wildman–Crippen LogP) is 3.96. The summed E-state index contributed by atoms with van der Waals surface area (Å²) in [6, 6.07) is 12.0. The molecular weight excluding hydrogens is 284 g/mol. The highest BCUT2D eigenvalue weighted by molar-refractivity contribution is 9.10. The zero-order valence-corrected chi connectivity index (χ0v) is 11.4. The lowest BCUT2D eigenvalue weighted by Crippen LogP contribution is -2.22. The van der Waals surface area contributed by atoms with Gasteiger partial charge in [0.2, 0.25) is 0 Å². The molecule has 84 valence electrons. The van der Waals surface area contributed by atoms with Crippen LogP contribution in [0.1, 0.15) is 17.4 Å². The molecule has 0 saturated carbocycles. The van der Waals surface area contributed by atoms with Crippen molar-refractivity contribution in [1.29, 1.82) is 0 Å². The zero-order chi connectivity index (χ0) is 11.6. The largest absolute Gasteiger partial charge is 0.384 e. The summed E-state index contributed by atoms with van der Waals surface area (Å²) in [5.41, 5.74) is 0.349. The lowest BCUT2D eigenvalue weighted by molar-refractivity contribution is 0.0615. The van der Waals surface area contributed by atoms with Gasteiger partial charge < -0.3 is 5.11 Å². The minimum Gasteiger partial charge on any atom is -0.384 e. The third kappa shape index (κ3) is 2.73. The van der Waals surface area contributed by atoms with E-state index in [-0.39, 0.29) is 0 Å². The lowest BCUT2D eigenvalue weighted by atomic mass is 9.95. The minimum atomic E-state index is -0.783. The van der Waals surface area contributed by atoms with Gasteiger partial charge in [0, 0.05) is 15.8 Å². The second-order valence-corrected chi connectivity index (χ2v) is 5.92. The van der Waals surface area contributed by atoms with Crippen LogP contribution in [-0.4, -0.2) is 5.11 Å². The summed E-state index contributed by atoms with van der Waals surface area (Å²) in [5, 5.41) is 12.4. The average Bonchev–Trinajstić information content (AvgIpc) is 2.69. The van der Waals surface area contributed by atoms with Crippen molar-refractivity contribution in [3.05, 3.63) is 56.7 Å². The highest BCUT2D eigenvalue weighted by Gasteiger charge is 2.24. The monoisotopic (exact) mass is 296 g/mol. The molecule has 0 amide bonds. The van der Waals surface area contributed by atoms with Gasteiger partial charge in [0.1, 0.15) is 0 Å². The second kappa shape index (κ2) is 4.70. The molecule has 0 aliphatic heterocycles. The maximum absolute atomic E-state index is 10.4. The summed E-state index contributed by atoms with van der Waals surface area (Å²) in [6.07, 6.45) is 0.632. The highest BCUT2D eigenvalue weighted by Crippen LogP contribution is 2.29. The van der Waals surface area contributed by atoms with Gasteiger partial charge in [0.15, 0.2) is 0 Å². The van der Waals surface area contributed by atoms with E-state index < -0.39 is 5.60 Å². The van der Waals surface area contributed by atoms with Gasteiger partial charge in [-0.3, -0.25) is 0 Å². The van der Waals surface area contributed by atoms with E-state index >= 15 is 0 Å². The molecular formula is C13H13BrOS. The number of halogens is 1. The smallest absolute Gasteiger partial charge is 0.0999 e. The first kappa shape index (κ1) is 11.8. The summed E-state index contributed by atoms with van der Waals surface area (Å²) in [5.74, 6) is 0. The van der Waals surface area contributed by atoms with Crippen molar-refractivity contribution < 1.29 is 5.11 Å². The number of hydrogen-bond acceptors (Lipinski definition) is 2. The van der Waals surface area contributed by atoms with Crippen LogP contribution in [0.5, 0.6) is 0 Å². The molecule has 0 spiro atoms. The maximum Gasteiger partial charge on any atom is 0.0999 e. The van der Waals surface area contributed by atoms with Crippen molar-refractivity contribution in [2.75, 3.05) is 0 Å². The Morgan fingerprint density at radius 2 is 2.12 bits per heavy atom. The van der Waals surface area contributed by atoms with Gasteiger partial charge in [-0.25, -0.2) is 0 Å². The number of benzene rings is 1. The Hall–Kier alpha value is -0.640. The summed E-state index contributed by atoms with van der Waals surface area (Å²) in [7, 11) is 0. The predicted molar refractivity (Wildman–Crippen MR) is 71.7 cm³/mol. The Bertz CT molecular complexity index is 463. The van der Waals surface area contributed by atoms with E-state index in [1.807, 2.05) is 48.7 Å². The van der Waals surface area contributed by atoms with Gasteiger partial charge in [-0.2, -0.15) is 0 Å². The third-order valence-electron chi connectivity index (χ3n) is 2.49. The number of thiophene rings is 1. The fourth-order valence-electron chi connectivity index (χ4n) is 1.72. The minimum absolute atomic E-state index is 0.632. The van der Waals surface area contributed by atoms with Gasteiger partial charge in [0.25, 0.3) is 0 Å². The van der Waals surface area contributed by atoms with Crippen LogP contribution in [0.2, 0.25) is 0 Å². The van der Waals surface area contributed by atoms with E-state index in [0.29, 0.717) is 6.42 Å². The quantitative estimate of drug-likeness (QED) is 0.909. The molecule has 0 radical (unpaired) electrons. The van der Waals surface area contributed by atoms with Crippen LogP contribution < -0.4 is 0 Å². The average molecular weight is 297 g/mol. The Labute approximate surface area is 108 Å². The first-order valence-corrected chi connectivity index (χ1v) is 6.76. The Balaban J connectivity index is 2.21. The van der Waals surface area contributed by atoms with Crippen LogP contribution >= 0.6 is 27.3 Å². The molecule has 1 atom stereocenters. The molecule has 0 aliphatic carbocycles. The third-order valence-corrected chi connectivity index (χ3v) is 4.11. The van der Waals surface area contributed by atoms with Crippen LogP contribution in [-0.2, 0) is 12.0 Å². The van der Waals surface area contributed by atoms with Crippen molar-refractivity contribution in [2.24, 2.45) is 0 Å². The molecule has 0 aliphatic rings. The number of aliphatic hydroxyl groups is 1. The number of hydrogen-bond donors (Lipinski definition) is 1. The van der Waals surface area contributed by atoms with E-state index in [0.717, 1.165) is 14.9 Å².